The number of unbranched alkanes of at least 4 members (excludes halogenated alkanes) is 2. The highest BCUT2D eigenvalue weighted by molar-refractivity contribution is 6.38. The molecule has 6 rings (SSSR count). The second-order valence-electron chi connectivity index (χ2n) is 8.60. The lowest BCUT2D eigenvalue weighted by Crippen LogP contribution is -2.40. The van der Waals surface area contributed by atoms with Gasteiger partial charge in [-0.2, -0.15) is 0 Å². The Bertz CT molecular complexity index is 1520. The lowest BCUT2D eigenvalue weighted by Gasteiger charge is -2.28. The molecule has 1 N–H and O–H groups in total. The molecule has 162 valence electrons. The van der Waals surface area contributed by atoms with Crippen LogP contribution in [0.1, 0.15) is 46.4 Å². The topological polar surface area (TPSA) is 87.6 Å². The fraction of sp³-hybridized carbons (Fsp3) is 0.185. The molecule has 1 aromatic heterocycles. The molecule has 33 heavy (non-hydrogen) atoms. The number of pyridine rings is 1. The third-order valence-corrected chi connectivity index (χ3v) is 6.73. The molecule has 6 nitrogen and oxygen atoms in total. The maximum atomic E-state index is 13.4. The fourth-order valence-electron chi connectivity index (χ4n) is 5.26. The maximum absolute atomic E-state index is 13.4. The second kappa shape index (κ2) is 7.24. The highest BCUT2D eigenvalue weighted by Crippen LogP contribution is 2.43. The van der Waals surface area contributed by atoms with Crippen molar-refractivity contribution in [1.82, 2.24) is 9.88 Å². The summed E-state index contributed by atoms with van der Waals surface area (Å²) in [4.78, 5) is 43.2. The summed E-state index contributed by atoms with van der Waals surface area (Å²) >= 11 is 0. The number of rotatable bonds is 6. The Morgan fingerprint density at radius 1 is 0.758 bits per heavy atom. The Hall–Kier alpha value is -4.06. The van der Waals surface area contributed by atoms with Gasteiger partial charge in [0, 0.05) is 41.1 Å². The van der Waals surface area contributed by atoms with Crippen LogP contribution in [0.15, 0.2) is 54.7 Å². The zero-order valence-corrected chi connectivity index (χ0v) is 17.8. The van der Waals surface area contributed by atoms with E-state index in [2.05, 4.69) is 11.1 Å². The van der Waals surface area contributed by atoms with E-state index in [4.69, 9.17) is 5.11 Å². The van der Waals surface area contributed by atoms with E-state index >= 15 is 0 Å². The van der Waals surface area contributed by atoms with E-state index < -0.39 is 5.97 Å². The average molecular weight is 436 g/mol. The first-order valence-corrected chi connectivity index (χ1v) is 11.1. The number of hydrogen-bond donors (Lipinski definition) is 1. The molecule has 0 bridgehead atoms. The van der Waals surface area contributed by atoms with Crippen LogP contribution in [-0.2, 0) is 4.79 Å². The number of imide groups is 1. The second-order valence-corrected chi connectivity index (χ2v) is 8.60. The number of carboxylic acids is 1. The zero-order chi connectivity index (χ0) is 22.7. The van der Waals surface area contributed by atoms with Crippen LogP contribution in [0.4, 0.5) is 0 Å². The Morgan fingerprint density at radius 2 is 1.42 bits per heavy atom. The number of aromatic nitrogens is 1. The van der Waals surface area contributed by atoms with Crippen molar-refractivity contribution in [3.8, 4) is 0 Å². The molecule has 0 spiro atoms. The highest BCUT2D eigenvalue weighted by Gasteiger charge is 2.33. The van der Waals surface area contributed by atoms with Gasteiger partial charge in [-0.05, 0) is 64.0 Å². The van der Waals surface area contributed by atoms with Gasteiger partial charge in [0.25, 0.3) is 11.8 Å². The molecule has 0 unspecified atom stereocenters. The standard InChI is InChI=1S/C27H20N2O4/c30-22(31)7-2-1-3-14-29-26(32)19-10-8-16-15-5-4-6-21-23(15)18(12-13-28-21)17-9-11-20(27(29)33)25(19)24(16)17/h4-6,8-13H,1-3,7,14H2,(H,30,31). The van der Waals surface area contributed by atoms with Gasteiger partial charge >= 0.3 is 5.97 Å². The summed E-state index contributed by atoms with van der Waals surface area (Å²) in [6, 6.07) is 15.7. The smallest absolute Gasteiger partial charge is 0.303 e. The van der Waals surface area contributed by atoms with Crippen LogP contribution in [0.5, 0.6) is 0 Å². The molecular formula is C27H20N2O4. The van der Waals surface area contributed by atoms with E-state index in [9.17, 15) is 14.4 Å². The molecule has 0 fully saturated rings. The first kappa shape index (κ1) is 19.6. The summed E-state index contributed by atoms with van der Waals surface area (Å²) in [5.74, 6) is -1.40. The summed E-state index contributed by atoms with van der Waals surface area (Å²) in [5, 5.41) is 15.7. The minimum atomic E-state index is -0.832. The molecule has 0 radical (unpaired) electrons. The van der Waals surface area contributed by atoms with Gasteiger partial charge in [0.05, 0.1) is 5.52 Å². The van der Waals surface area contributed by atoms with Gasteiger partial charge in [-0.1, -0.05) is 30.7 Å². The molecule has 6 heteroatoms. The number of amides is 2. The number of carbonyl (C=O) groups is 3. The first-order chi connectivity index (χ1) is 16.1. The average Bonchev–Trinajstić information content (AvgIpc) is 2.82. The van der Waals surface area contributed by atoms with E-state index in [1.165, 1.54) is 4.90 Å². The number of carbonyl (C=O) groups excluding carboxylic acids is 2. The van der Waals surface area contributed by atoms with Gasteiger partial charge in [-0.15, -0.1) is 0 Å². The first-order valence-electron chi connectivity index (χ1n) is 11.1. The molecule has 0 aliphatic carbocycles. The van der Waals surface area contributed by atoms with Crippen LogP contribution in [-0.4, -0.2) is 39.3 Å². The number of fused-ring (bicyclic) bond motifs is 2. The molecule has 1 aliphatic rings. The number of carboxylic acid groups (broad SMARTS) is 1. The lowest BCUT2D eigenvalue weighted by atomic mass is 9.85. The SMILES string of the molecule is O=C(O)CCCCCN1C(=O)c2ccc3c4cccc5nccc(c6ccc(c2c36)C1=O)c54. The molecular weight excluding hydrogens is 416 g/mol. The van der Waals surface area contributed by atoms with E-state index in [-0.39, 0.29) is 24.8 Å². The van der Waals surface area contributed by atoms with E-state index in [1.54, 1.807) is 6.20 Å². The molecule has 0 saturated heterocycles. The van der Waals surface area contributed by atoms with E-state index in [0.717, 1.165) is 43.2 Å². The van der Waals surface area contributed by atoms with Crippen LogP contribution < -0.4 is 0 Å². The molecule has 1 aliphatic heterocycles. The van der Waals surface area contributed by atoms with Gasteiger partial charge in [-0.3, -0.25) is 24.3 Å². The van der Waals surface area contributed by atoms with Gasteiger partial charge in [0.1, 0.15) is 0 Å². The van der Waals surface area contributed by atoms with Gasteiger partial charge in [-0.25, -0.2) is 0 Å². The van der Waals surface area contributed by atoms with Crippen molar-refractivity contribution in [2.45, 2.75) is 25.7 Å². The normalized spacial score (nSPS) is 13.8. The van der Waals surface area contributed by atoms with Crippen molar-refractivity contribution >= 4 is 61.0 Å². The van der Waals surface area contributed by atoms with Crippen molar-refractivity contribution < 1.29 is 19.5 Å². The van der Waals surface area contributed by atoms with Crippen LogP contribution in [0.25, 0.3) is 43.2 Å². The fourth-order valence-corrected chi connectivity index (χ4v) is 5.26. The van der Waals surface area contributed by atoms with E-state index in [1.807, 2.05) is 42.5 Å². The Labute approximate surface area is 188 Å². The van der Waals surface area contributed by atoms with Gasteiger partial charge < -0.3 is 5.11 Å². The molecule has 4 aromatic carbocycles. The van der Waals surface area contributed by atoms with Crippen LogP contribution in [0.2, 0.25) is 0 Å². The predicted octanol–water partition coefficient (Wildman–Crippen LogP) is 5.37. The summed E-state index contributed by atoms with van der Waals surface area (Å²) in [7, 11) is 0. The summed E-state index contributed by atoms with van der Waals surface area (Å²) in [5.41, 5.74) is 2.01. The van der Waals surface area contributed by atoms with Crippen LogP contribution >= 0.6 is 0 Å². The molecule has 0 atom stereocenters. The van der Waals surface area contributed by atoms with Crippen molar-refractivity contribution in [2.24, 2.45) is 0 Å². The Morgan fingerprint density at radius 3 is 2.12 bits per heavy atom. The largest absolute Gasteiger partial charge is 0.481 e. The number of hydrogen-bond acceptors (Lipinski definition) is 4. The van der Waals surface area contributed by atoms with Crippen molar-refractivity contribution in [3.05, 3.63) is 65.9 Å². The Kier molecular flexibility index (Phi) is 4.30. The Balaban J connectivity index is 1.51. The number of nitrogens with zero attached hydrogens (tertiary/aromatic N) is 2. The minimum Gasteiger partial charge on any atom is -0.481 e. The monoisotopic (exact) mass is 436 g/mol. The predicted molar refractivity (Wildman–Crippen MR) is 127 cm³/mol. The third-order valence-electron chi connectivity index (χ3n) is 6.73. The minimum absolute atomic E-state index is 0.0966. The van der Waals surface area contributed by atoms with Crippen LogP contribution in [0.3, 0.4) is 0 Å². The highest BCUT2D eigenvalue weighted by atomic mass is 16.4. The molecule has 2 heterocycles. The van der Waals surface area contributed by atoms with Crippen LogP contribution in [0, 0.1) is 0 Å². The van der Waals surface area contributed by atoms with Crippen molar-refractivity contribution in [3.63, 3.8) is 0 Å². The quantitative estimate of drug-likeness (QED) is 0.167. The number of benzene rings is 4. The van der Waals surface area contributed by atoms with Gasteiger partial charge in [0.2, 0.25) is 0 Å². The molecule has 0 saturated carbocycles. The maximum Gasteiger partial charge on any atom is 0.303 e. The summed E-state index contributed by atoms with van der Waals surface area (Å²) < 4.78 is 0. The number of aliphatic carboxylic acids is 1. The molecule has 2 amide bonds. The summed E-state index contributed by atoms with van der Waals surface area (Å²) in [6.45, 7) is 0.287. The van der Waals surface area contributed by atoms with E-state index in [0.29, 0.717) is 30.4 Å². The zero-order valence-electron chi connectivity index (χ0n) is 17.8. The lowest BCUT2D eigenvalue weighted by molar-refractivity contribution is -0.137. The van der Waals surface area contributed by atoms with Crippen molar-refractivity contribution in [1.29, 1.82) is 0 Å². The van der Waals surface area contributed by atoms with Gasteiger partial charge in [0.15, 0.2) is 0 Å². The van der Waals surface area contributed by atoms with Crippen molar-refractivity contribution in [2.75, 3.05) is 6.54 Å². The third kappa shape index (κ3) is 2.80. The molecule has 5 aromatic rings. The summed E-state index contributed by atoms with van der Waals surface area (Å²) in [6.07, 6.45) is 3.66.